The average Bonchev–Trinajstić information content (AvgIpc) is 3.00. The molecule has 0 aliphatic heterocycles. The summed E-state index contributed by atoms with van der Waals surface area (Å²) in [7, 11) is 0. The minimum absolute atomic E-state index is 0.701. The van der Waals surface area contributed by atoms with Crippen molar-refractivity contribution in [3.05, 3.63) is 47.0 Å². The largest absolute Gasteiger partial charge is 0.494 e. The number of nitrogens with zero attached hydrogens (tertiary/aromatic N) is 2. The van der Waals surface area contributed by atoms with Crippen LogP contribution in [0.1, 0.15) is 11.8 Å². The van der Waals surface area contributed by atoms with E-state index in [2.05, 4.69) is 33.9 Å². The van der Waals surface area contributed by atoms with Crippen molar-refractivity contribution in [2.24, 2.45) is 0 Å². The van der Waals surface area contributed by atoms with Crippen LogP contribution in [0.25, 0.3) is 10.9 Å². The minimum Gasteiger partial charge on any atom is -0.494 e. The number of rotatable bonds is 4. The molecule has 4 heteroatoms. The lowest BCUT2D eigenvalue weighted by Gasteiger charge is -2.05. The number of hydrogen-bond donors (Lipinski definition) is 0. The molecule has 0 atom stereocenters. The SMILES string of the molecule is CCOc1ccc2c(ccn2Cc2cncs2)c1. The Morgan fingerprint density at radius 1 is 1.33 bits per heavy atom. The zero-order valence-corrected chi connectivity index (χ0v) is 11.0. The van der Waals surface area contributed by atoms with E-state index in [4.69, 9.17) is 4.74 Å². The molecule has 0 unspecified atom stereocenters. The zero-order valence-electron chi connectivity index (χ0n) is 10.2. The normalized spacial score (nSPS) is 10.9. The van der Waals surface area contributed by atoms with Crippen molar-refractivity contribution in [3.63, 3.8) is 0 Å². The first-order valence-corrected chi connectivity index (χ1v) is 6.84. The summed E-state index contributed by atoms with van der Waals surface area (Å²) < 4.78 is 7.75. The second-order valence-electron chi connectivity index (χ2n) is 4.07. The van der Waals surface area contributed by atoms with Crippen molar-refractivity contribution in [3.8, 4) is 5.75 Å². The maximum Gasteiger partial charge on any atom is 0.120 e. The fourth-order valence-electron chi connectivity index (χ4n) is 2.06. The van der Waals surface area contributed by atoms with E-state index in [9.17, 15) is 0 Å². The molecule has 3 rings (SSSR count). The third kappa shape index (κ3) is 2.11. The fraction of sp³-hybridized carbons (Fsp3) is 0.214. The van der Waals surface area contributed by atoms with E-state index in [0.29, 0.717) is 6.61 Å². The van der Waals surface area contributed by atoms with Crippen molar-refractivity contribution in [1.29, 1.82) is 0 Å². The molecule has 0 spiro atoms. The lowest BCUT2D eigenvalue weighted by atomic mass is 10.2. The first-order chi connectivity index (χ1) is 8.86. The highest BCUT2D eigenvalue weighted by atomic mass is 32.1. The van der Waals surface area contributed by atoms with Gasteiger partial charge in [0.2, 0.25) is 0 Å². The fourth-order valence-corrected chi connectivity index (χ4v) is 2.65. The Morgan fingerprint density at radius 3 is 3.06 bits per heavy atom. The number of fused-ring (bicyclic) bond motifs is 1. The Labute approximate surface area is 110 Å². The first-order valence-electron chi connectivity index (χ1n) is 5.96. The molecule has 2 aromatic heterocycles. The van der Waals surface area contributed by atoms with Crippen LogP contribution in [0.15, 0.2) is 42.2 Å². The number of aromatic nitrogens is 2. The predicted molar refractivity (Wildman–Crippen MR) is 74.3 cm³/mol. The van der Waals surface area contributed by atoms with E-state index in [1.807, 2.05) is 24.7 Å². The molecule has 2 heterocycles. The van der Waals surface area contributed by atoms with Gasteiger partial charge in [-0.1, -0.05) is 0 Å². The van der Waals surface area contributed by atoms with Crippen LogP contribution in [0.5, 0.6) is 5.75 Å². The molecule has 92 valence electrons. The van der Waals surface area contributed by atoms with Crippen molar-refractivity contribution in [2.45, 2.75) is 13.5 Å². The number of hydrogen-bond acceptors (Lipinski definition) is 3. The predicted octanol–water partition coefficient (Wildman–Crippen LogP) is 3.54. The molecule has 0 amide bonds. The van der Waals surface area contributed by atoms with E-state index in [0.717, 1.165) is 12.3 Å². The van der Waals surface area contributed by atoms with Crippen molar-refractivity contribution in [1.82, 2.24) is 9.55 Å². The Kier molecular flexibility index (Phi) is 3.02. The molecule has 0 aliphatic rings. The summed E-state index contributed by atoms with van der Waals surface area (Å²) in [4.78, 5) is 5.37. The highest BCUT2D eigenvalue weighted by molar-refractivity contribution is 7.09. The second kappa shape index (κ2) is 4.82. The lowest BCUT2D eigenvalue weighted by molar-refractivity contribution is 0.340. The number of thiazole rings is 1. The van der Waals surface area contributed by atoms with E-state index < -0.39 is 0 Å². The minimum atomic E-state index is 0.701. The van der Waals surface area contributed by atoms with Crippen LogP contribution in [-0.4, -0.2) is 16.2 Å². The number of ether oxygens (including phenoxy) is 1. The van der Waals surface area contributed by atoms with Crippen LogP contribution in [0.2, 0.25) is 0 Å². The van der Waals surface area contributed by atoms with Gasteiger partial charge in [-0.3, -0.25) is 4.98 Å². The van der Waals surface area contributed by atoms with Gasteiger partial charge in [0, 0.05) is 28.2 Å². The lowest BCUT2D eigenvalue weighted by Crippen LogP contribution is -1.96. The molecule has 3 nitrogen and oxygen atoms in total. The average molecular weight is 258 g/mol. The number of benzene rings is 1. The molecule has 3 aromatic rings. The van der Waals surface area contributed by atoms with Gasteiger partial charge in [0.05, 0.1) is 18.7 Å². The molecule has 0 N–H and O–H groups in total. The molecule has 0 saturated carbocycles. The summed E-state index contributed by atoms with van der Waals surface area (Å²) in [6.45, 7) is 3.58. The molecule has 0 aliphatic carbocycles. The van der Waals surface area contributed by atoms with Crippen LogP contribution in [0.3, 0.4) is 0 Å². The maximum absolute atomic E-state index is 5.51. The third-order valence-electron chi connectivity index (χ3n) is 2.86. The van der Waals surface area contributed by atoms with E-state index in [1.54, 1.807) is 11.3 Å². The van der Waals surface area contributed by atoms with Crippen molar-refractivity contribution >= 4 is 22.2 Å². The third-order valence-corrected chi connectivity index (χ3v) is 3.63. The summed E-state index contributed by atoms with van der Waals surface area (Å²) in [6, 6.07) is 8.34. The Morgan fingerprint density at radius 2 is 2.28 bits per heavy atom. The first kappa shape index (κ1) is 11.3. The van der Waals surface area contributed by atoms with Crippen LogP contribution >= 0.6 is 11.3 Å². The zero-order chi connectivity index (χ0) is 12.4. The summed E-state index contributed by atoms with van der Waals surface area (Å²) in [6.07, 6.45) is 4.03. The Bertz CT molecular complexity index is 643. The highest BCUT2D eigenvalue weighted by Gasteiger charge is 2.04. The van der Waals surface area contributed by atoms with Crippen LogP contribution in [-0.2, 0) is 6.54 Å². The van der Waals surface area contributed by atoms with E-state index in [-0.39, 0.29) is 0 Å². The summed E-state index contributed by atoms with van der Waals surface area (Å²) in [5.74, 6) is 0.931. The quantitative estimate of drug-likeness (QED) is 0.715. The maximum atomic E-state index is 5.51. The standard InChI is InChI=1S/C14H14N2OS/c1-2-17-12-3-4-14-11(7-12)5-6-16(14)9-13-8-15-10-18-13/h3-8,10H,2,9H2,1H3. The van der Waals surface area contributed by atoms with Gasteiger partial charge >= 0.3 is 0 Å². The van der Waals surface area contributed by atoms with Crippen molar-refractivity contribution < 1.29 is 4.74 Å². The molecule has 0 bridgehead atoms. The van der Waals surface area contributed by atoms with Crippen molar-refractivity contribution in [2.75, 3.05) is 6.61 Å². The molecular formula is C14H14N2OS. The van der Waals surface area contributed by atoms with Gasteiger partial charge in [0.1, 0.15) is 5.75 Å². The van der Waals surface area contributed by atoms with Gasteiger partial charge in [-0.2, -0.15) is 0 Å². The van der Waals surface area contributed by atoms with Gasteiger partial charge in [0.25, 0.3) is 0 Å². The molecule has 0 saturated heterocycles. The van der Waals surface area contributed by atoms with E-state index >= 15 is 0 Å². The van der Waals surface area contributed by atoms with Gasteiger partial charge < -0.3 is 9.30 Å². The summed E-state index contributed by atoms with van der Waals surface area (Å²) >= 11 is 1.68. The van der Waals surface area contributed by atoms with Crippen LogP contribution in [0.4, 0.5) is 0 Å². The van der Waals surface area contributed by atoms with Gasteiger partial charge in [-0.15, -0.1) is 11.3 Å². The Hall–Kier alpha value is -1.81. The van der Waals surface area contributed by atoms with Gasteiger partial charge in [0.15, 0.2) is 0 Å². The van der Waals surface area contributed by atoms with E-state index in [1.165, 1.54) is 15.8 Å². The molecule has 18 heavy (non-hydrogen) atoms. The smallest absolute Gasteiger partial charge is 0.120 e. The Balaban J connectivity index is 1.94. The summed E-state index contributed by atoms with van der Waals surface area (Å²) in [5, 5.41) is 1.21. The topological polar surface area (TPSA) is 27.1 Å². The molecule has 0 radical (unpaired) electrons. The summed E-state index contributed by atoms with van der Waals surface area (Å²) in [5.41, 5.74) is 3.10. The monoisotopic (exact) mass is 258 g/mol. The molecule has 0 fully saturated rings. The highest BCUT2D eigenvalue weighted by Crippen LogP contribution is 2.23. The second-order valence-corrected chi connectivity index (χ2v) is 5.04. The molecule has 1 aromatic carbocycles. The van der Waals surface area contributed by atoms with Crippen LogP contribution < -0.4 is 4.74 Å². The molecular weight excluding hydrogens is 244 g/mol. The van der Waals surface area contributed by atoms with Gasteiger partial charge in [-0.05, 0) is 31.2 Å². The van der Waals surface area contributed by atoms with Gasteiger partial charge in [-0.25, -0.2) is 0 Å². The van der Waals surface area contributed by atoms with Crippen LogP contribution in [0, 0.1) is 0 Å².